The first-order chi connectivity index (χ1) is 21.1. The van der Waals surface area contributed by atoms with E-state index in [1.807, 2.05) is 78.9 Å². The average Bonchev–Trinajstić information content (AvgIpc) is 3.77. The van der Waals surface area contributed by atoms with Crippen LogP contribution >= 0.6 is 0 Å². The Morgan fingerprint density at radius 1 is 1.00 bits per heavy atom. The molecule has 2 aliphatic carbocycles. The molecule has 8 nitrogen and oxygen atoms in total. The first-order valence-corrected chi connectivity index (χ1v) is 16.8. The van der Waals surface area contributed by atoms with Crippen molar-refractivity contribution in [3.63, 3.8) is 0 Å². The molecule has 0 radical (unpaired) electrons. The molecule has 1 unspecified atom stereocenters. The summed E-state index contributed by atoms with van der Waals surface area (Å²) in [4.78, 5) is 18.8. The number of hydrogen-bond donors (Lipinski definition) is 2. The lowest BCUT2D eigenvalue weighted by Crippen LogP contribution is -2.46. The minimum absolute atomic E-state index is 0.0498. The summed E-state index contributed by atoms with van der Waals surface area (Å²) < 4.78 is 33.6. The van der Waals surface area contributed by atoms with Gasteiger partial charge < -0.3 is 14.4 Å². The fourth-order valence-electron chi connectivity index (χ4n) is 6.71. The highest BCUT2D eigenvalue weighted by atomic mass is 32.2. The number of aromatic nitrogens is 2. The van der Waals surface area contributed by atoms with Gasteiger partial charge in [0.25, 0.3) is 10.0 Å². The van der Waals surface area contributed by atoms with Crippen molar-refractivity contribution in [3.8, 4) is 0 Å². The number of carbonyl (C=O) groups excluding carboxylic acids is 1. The summed E-state index contributed by atoms with van der Waals surface area (Å²) in [7, 11) is -2.37. The van der Waals surface area contributed by atoms with E-state index in [9.17, 15) is 18.3 Å². The van der Waals surface area contributed by atoms with E-state index in [0.717, 1.165) is 24.0 Å². The van der Waals surface area contributed by atoms with Crippen LogP contribution in [0.15, 0.2) is 101 Å². The van der Waals surface area contributed by atoms with Crippen molar-refractivity contribution >= 4 is 16.0 Å². The monoisotopic (exact) mass is 613 g/mol. The SMILES string of the molecule is Cn1c(C2(C3=C(O)CC(CCc4ccccc4)(CCc4ccccc4)OC3=O)C=CC=CC2)nc(S(N)(=O)=O)c1CC1CC1. The summed E-state index contributed by atoms with van der Waals surface area (Å²) in [5, 5.41) is 17.3. The summed E-state index contributed by atoms with van der Waals surface area (Å²) in [5.74, 6) is 0.0564. The topological polar surface area (TPSA) is 125 Å². The molecule has 44 heavy (non-hydrogen) atoms. The Balaban J connectivity index is 1.41. The van der Waals surface area contributed by atoms with Gasteiger partial charge in [0.15, 0.2) is 5.03 Å². The number of aliphatic hydroxyl groups is 1. The van der Waals surface area contributed by atoms with Crippen LogP contribution in [0.3, 0.4) is 0 Å². The van der Waals surface area contributed by atoms with Crippen LogP contribution in [0.2, 0.25) is 0 Å². The first kappa shape index (κ1) is 30.1. The van der Waals surface area contributed by atoms with Crippen molar-refractivity contribution in [1.29, 1.82) is 0 Å². The van der Waals surface area contributed by atoms with Gasteiger partial charge in [-0.3, -0.25) is 0 Å². The highest BCUT2D eigenvalue weighted by Crippen LogP contribution is 2.47. The van der Waals surface area contributed by atoms with Gasteiger partial charge in [-0.25, -0.2) is 23.3 Å². The number of imidazole rings is 1. The number of ether oxygens (including phenoxy) is 1. The molecule has 1 fully saturated rings. The van der Waals surface area contributed by atoms with Gasteiger partial charge in [-0.05, 0) is 68.4 Å². The number of allylic oxidation sites excluding steroid dienone is 4. The maximum atomic E-state index is 14.2. The Kier molecular flexibility index (Phi) is 8.11. The van der Waals surface area contributed by atoms with Gasteiger partial charge in [0, 0.05) is 13.5 Å². The lowest BCUT2D eigenvalue weighted by Gasteiger charge is -2.42. The van der Waals surface area contributed by atoms with E-state index in [4.69, 9.17) is 9.88 Å². The van der Waals surface area contributed by atoms with Crippen LogP contribution in [0.5, 0.6) is 0 Å². The van der Waals surface area contributed by atoms with Crippen LogP contribution in [0, 0.1) is 5.92 Å². The third-order valence-corrected chi connectivity index (χ3v) is 10.1. The molecule has 0 amide bonds. The molecule has 2 heterocycles. The fraction of sp³-hybridized carbons (Fsp3) is 0.371. The van der Waals surface area contributed by atoms with Crippen molar-refractivity contribution < 1.29 is 23.1 Å². The predicted octanol–water partition coefficient (Wildman–Crippen LogP) is 5.54. The zero-order valence-corrected chi connectivity index (χ0v) is 25.8. The van der Waals surface area contributed by atoms with E-state index in [-0.39, 0.29) is 22.8 Å². The largest absolute Gasteiger partial charge is 0.512 e. The number of esters is 1. The first-order valence-electron chi connectivity index (χ1n) is 15.3. The molecule has 230 valence electrons. The van der Waals surface area contributed by atoms with Crippen LogP contribution in [0.25, 0.3) is 0 Å². The Morgan fingerprint density at radius 3 is 2.11 bits per heavy atom. The molecular formula is C35H39N3O5S. The summed E-state index contributed by atoms with van der Waals surface area (Å²) in [5.41, 5.74) is 0.727. The van der Waals surface area contributed by atoms with E-state index in [1.54, 1.807) is 17.7 Å². The Bertz CT molecular complexity index is 1690. The summed E-state index contributed by atoms with van der Waals surface area (Å²) in [6, 6.07) is 20.1. The third-order valence-electron chi connectivity index (χ3n) is 9.25. The average molecular weight is 614 g/mol. The second kappa shape index (κ2) is 11.9. The molecule has 1 aliphatic heterocycles. The standard InChI is InChI=1S/C35H39N3O5S/c1-38-28(23-27-15-16-27)31(44(36,41)42)37-33(38)35(19-9-4-10-20-35)30-29(39)24-34(43-32(30)40,21-17-25-11-5-2-6-12-25)22-18-26-13-7-3-8-14-26/h2-14,19,27,39H,15-18,20-24H2,1H3,(H2,36,41,42). The molecular weight excluding hydrogens is 574 g/mol. The number of aliphatic hydroxyl groups excluding tert-OH is 1. The van der Waals surface area contributed by atoms with Gasteiger partial charge in [0.05, 0.1) is 16.7 Å². The summed E-state index contributed by atoms with van der Waals surface area (Å²) in [6.45, 7) is 0. The van der Waals surface area contributed by atoms with Crippen LogP contribution < -0.4 is 5.14 Å². The predicted molar refractivity (Wildman–Crippen MR) is 168 cm³/mol. The Morgan fingerprint density at radius 2 is 1.61 bits per heavy atom. The number of rotatable bonds is 11. The number of nitrogens with two attached hydrogens (primary N) is 1. The molecule has 3 aliphatic rings. The lowest BCUT2D eigenvalue weighted by atomic mass is 9.70. The quantitative estimate of drug-likeness (QED) is 0.274. The van der Waals surface area contributed by atoms with E-state index < -0.39 is 27.0 Å². The number of sulfonamides is 1. The Hall–Kier alpha value is -3.95. The molecule has 0 saturated heterocycles. The fourth-order valence-corrected chi connectivity index (χ4v) is 7.47. The molecule has 1 saturated carbocycles. The molecule has 9 heteroatoms. The van der Waals surface area contributed by atoms with E-state index in [2.05, 4.69) is 4.98 Å². The molecule has 0 spiro atoms. The van der Waals surface area contributed by atoms with Crippen LogP contribution in [-0.4, -0.2) is 34.6 Å². The summed E-state index contributed by atoms with van der Waals surface area (Å²) in [6.07, 6.45) is 12.8. The zero-order chi connectivity index (χ0) is 31.0. The number of nitrogens with zero attached hydrogens (tertiary/aromatic N) is 2. The van der Waals surface area contributed by atoms with Gasteiger partial charge in [-0.15, -0.1) is 0 Å². The number of hydrogen-bond acceptors (Lipinski definition) is 6. The van der Waals surface area contributed by atoms with Crippen molar-refractivity contribution in [3.05, 3.63) is 119 Å². The van der Waals surface area contributed by atoms with Crippen molar-refractivity contribution in [2.75, 3.05) is 0 Å². The van der Waals surface area contributed by atoms with Crippen LogP contribution in [0.1, 0.15) is 61.2 Å². The molecule has 6 rings (SSSR count). The van der Waals surface area contributed by atoms with Gasteiger partial charge in [0.2, 0.25) is 0 Å². The lowest BCUT2D eigenvalue weighted by molar-refractivity contribution is -0.161. The van der Waals surface area contributed by atoms with Gasteiger partial charge in [0.1, 0.15) is 17.2 Å². The molecule has 3 aromatic rings. The number of primary sulfonamides is 1. The minimum Gasteiger partial charge on any atom is -0.512 e. The smallest absolute Gasteiger partial charge is 0.339 e. The Labute approximate surface area is 259 Å². The minimum atomic E-state index is -4.13. The van der Waals surface area contributed by atoms with E-state index >= 15 is 0 Å². The van der Waals surface area contributed by atoms with E-state index in [1.165, 1.54) is 0 Å². The second-order valence-electron chi connectivity index (χ2n) is 12.4. The van der Waals surface area contributed by atoms with Gasteiger partial charge >= 0.3 is 5.97 Å². The molecule has 0 bridgehead atoms. The normalized spacial score (nSPS) is 21.5. The maximum absolute atomic E-state index is 14.2. The number of cyclic esters (lactones) is 1. The van der Waals surface area contributed by atoms with Crippen LogP contribution in [-0.2, 0) is 51.3 Å². The van der Waals surface area contributed by atoms with Crippen LogP contribution in [0.4, 0.5) is 0 Å². The van der Waals surface area contributed by atoms with Crippen molar-refractivity contribution in [2.45, 2.75) is 73.8 Å². The maximum Gasteiger partial charge on any atom is 0.339 e. The number of benzene rings is 2. The van der Waals surface area contributed by atoms with Gasteiger partial charge in [-0.1, -0.05) is 85.0 Å². The second-order valence-corrected chi connectivity index (χ2v) is 13.9. The zero-order valence-electron chi connectivity index (χ0n) is 25.0. The molecule has 2 aromatic carbocycles. The van der Waals surface area contributed by atoms with Crippen molar-refractivity contribution in [2.24, 2.45) is 18.1 Å². The number of carbonyl (C=O) groups is 1. The van der Waals surface area contributed by atoms with E-state index in [0.29, 0.717) is 56.0 Å². The molecule has 1 atom stereocenters. The van der Waals surface area contributed by atoms with Gasteiger partial charge in [-0.2, -0.15) is 0 Å². The molecule has 3 N–H and O–H groups in total. The highest BCUT2D eigenvalue weighted by molar-refractivity contribution is 7.89. The highest BCUT2D eigenvalue weighted by Gasteiger charge is 2.51. The summed E-state index contributed by atoms with van der Waals surface area (Å²) >= 11 is 0. The van der Waals surface area contributed by atoms with Crippen molar-refractivity contribution in [1.82, 2.24) is 9.55 Å². The molecule has 1 aromatic heterocycles. The number of aryl methyl sites for hydroxylation is 2. The third kappa shape index (κ3) is 6.03.